The Morgan fingerprint density at radius 2 is 1.78 bits per heavy atom. The monoisotopic (exact) mass is 497 g/mol. The number of carbonyl (C=O) groups is 2. The van der Waals surface area contributed by atoms with E-state index >= 15 is 0 Å². The summed E-state index contributed by atoms with van der Waals surface area (Å²) in [7, 11) is 0. The van der Waals surface area contributed by atoms with Gasteiger partial charge in [0, 0.05) is 44.8 Å². The number of piperazine rings is 1. The lowest BCUT2D eigenvalue weighted by Gasteiger charge is -2.37. The highest BCUT2D eigenvalue weighted by molar-refractivity contribution is 5.94. The Bertz CT molecular complexity index is 1120. The fraction of sp³-hybridized carbons (Fsp3) is 0.407. The lowest BCUT2D eigenvalue weighted by Crippen LogP contribution is -2.48. The van der Waals surface area contributed by atoms with E-state index in [-0.39, 0.29) is 24.3 Å². The maximum absolute atomic E-state index is 13.0. The number of amides is 1. The van der Waals surface area contributed by atoms with Gasteiger partial charge in [-0.3, -0.25) is 14.5 Å². The second-order valence-corrected chi connectivity index (χ2v) is 9.83. The van der Waals surface area contributed by atoms with Gasteiger partial charge >= 0.3 is 5.97 Å². The molecular weight excluding hydrogens is 465 g/mol. The van der Waals surface area contributed by atoms with Gasteiger partial charge in [-0.15, -0.1) is 0 Å². The zero-order valence-corrected chi connectivity index (χ0v) is 20.9. The second-order valence-electron chi connectivity index (χ2n) is 9.83. The second kappa shape index (κ2) is 11.0. The summed E-state index contributed by atoms with van der Waals surface area (Å²) in [5.41, 5.74) is 0.804. The van der Waals surface area contributed by atoms with Crippen LogP contribution in [0.2, 0.25) is 0 Å². The van der Waals surface area contributed by atoms with Gasteiger partial charge in [0.15, 0.2) is 23.9 Å². The van der Waals surface area contributed by atoms with Gasteiger partial charge in [0.2, 0.25) is 0 Å². The van der Waals surface area contributed by atoms with Crippen LogP contribution in [-0.2, 0) is 9.53 Å². The van der Waals surface area contributed by atoms with Crippen LogP contribution in [0.1, 0.15) is 31.1 Å². The lowest BCUT2D eigenvalue weighted by atomic mass is 9.97. The molecule has 0 spiro atoms. The summed E-state index contributed by atoms with van der Waals surface area (Å²) in [5, 5.41) is 2.89. The highest BCUT2D eigenvalue weighted by Crippen LogP contribution is 2.41. The highest BCUT2D eigenvalue weighted by atomic mass is 19.1. The van der Waals surface area contributed by atoms with Crippen LogP contribution in [-0.4, -0.2) is 62.7 Å². The summed E-state index contributed by atoms with van der Waals surface area (Å²) in [6.45, 7) is 9.91. The summed E-state index contributed by atoms with van der Waals surface area (Å²) >= 11 is 0. The minimum absolute atomic E-state index is 0.0101. The Kier molecular flexibility index (Phi) is 7.79. The van der Waals surface area contributed by atoms with E-state index in [2.05, 4.69) is 15.1 Å². The molecule has 2 aromatic carbocycles. The van der Waals surface area contributed by atoms with Gasteiger partial charge in [0.25, 0.3) is 5.91 Å². The van der Waals surface area contributed by atoms with Gasteiger partial charge in [0.1, 0.15) is 12.1 Å². The Hall–Kier alpha value is -3.59. The molecule has 1 N–H and O–H groups in total. The third kappa shape index (κ3) is 6.34. The van der Waals surface area contributed by atoms with E-state index in [1.165, 1.54) is 30.5 Å². The van der Waals surface area contributed by atoms with Crippen molar-refractivity contribution in [3.8, 4) is 11.5 Å². The maximum Gasteiger partial charge on any atom is 0.311 e. The average Bonchev–Trinajstić information content (AvgIpc) is 2.87. The summed E-state index contributed by atoms with van der Waals surface area (Å²) < 4.78 is 30.2. The molecule has 1 amide bonds. The number of esters is 1. The molecule has 0 aromatic heterocycles. The van der Waals surface area contributed by atoms with Crippen LogP contribution < -0.4 is 19.7 Å². The topological polar surface area (TPSA) is 80.3 Å². The minimum atomic E-state index is -0.586. The summed E-state index contributed by atoms with van der Waals surface area (Å²) in [6, 6.07) is 11.3. The molecule has 0 atom stereocenters. The predicted octanol–water partition coefficient (Wildman–Crippen LogP) is 3.58. The molecule has 2 heterocycles. The Morgan fingerprint density at radius 3 is 2.47 bits per heavy atom. The van der Waals surface area contributed by atoms with Crippen molar-refractivity contribution in [3.05, 3.63) is 65.9 Å². The van der Waals surface area contributed by atoms with Crippen molar-refractivity contribution < 1.29 is 28.2 Å². The summed E-state index contributed by atoms with van der Waals surface area (Å²) in [6.07, 6.45) is 1.49. The van der Waals surface area contributed by atoms with E-state index in [1.807, 2.05) is 18.2 Å². The number of hydrogen-bond acceptors (Lipinski definition) is 7. The fourth-order valence-corrected chi connectivity index (χ4v) is 3.90. The van der Waals surface area contributed by atoms with Crippen LogP contribution in [0.15, 0.2) is 54.5 Å². The molecule has 4 rings (SSSR count). The van der Waals surface area contributed by atoms with Gasteiger partial charge in [-0.25, -0.2) is 4.39 Å². The number of anilines is 1. The molecule has 0 bridgehead atoms. The highest BCUT2D eigenvalue weighted by Gasteiger charge is 2.27. The molecule has 192 valence electrons. The number of carbonyl (C=O) groups excluding carboxylic acids is 2. The first-order valence-corrected chi connectivity index (χ1v) is 12.1. The number of para-hydroxylation sites is 1. The molecule has 1 fully saturated rings. The molecule has 8 nitrogen and oxygen atoms in total. The number of rotatable bonds is 7. The molecule has 9 heteroatoms. The van der Waals surface area contributed by atoms with Crippen LogP contribution in [0, 0.1) is 11.2 Å². The number of nitrogens with zero attached hydrogens (tertiary/aromatic N) is 2. The van der Waals surface area contributed by atoms with Crippen LogP contribution >= 0.6 is 0 Å². The first kappa shape index (κ1) is 25.5. The van der Waals surface area contributed by atoms with Crippen molar-refractivity contribution in [3.63, 3.8) is 0 Å². The van der Waals surface area contributed by atoms with Crippen molar-refractivity contribution >= 4 is 17.6 Å². The molecule has 0 unspecified atom stereocenters. The molecule has 0 aliphatic carbocycles. The molecule has 1 saturated heterocycles. The lowest BCUT2D eigenvalue weighted by molar-refractivity contribution is -0.152. The Morgan fingerprint density at radius 1 is 1.06 bits per heavy atom. The van der Waals surface area contributed by atoms with Crippen molar-refractivity contribution in [1.29, 1.82) is 0 Å². The van der Waals surface area contributed by atoms with Crippen molar-refractivity contribution in [1.82, 2.24) is 10.2 Å². The van der Waals surface area contributed by atoms with Crippen LogP contribution in [0.5, 0.6) is 11.5 Å². The largest absolute Gasteiger partial charge is 0.457 e. The van der Waals surface area contributed by atoms with Crippen molar-refractivity contribution in [2.45, 2.75) is 20.8 Å². The van der Waals surface area contributed by atoms with Crippen molar-refractivity contribution in [2.75, 3.05) is 50.8 Å². The number of halogens is 1. The molecule has 0 radical (unpaired) electrons. The predicted molar refractivity (Wildman–Crippen MR) is 134 cm³/mol. The number of hydrogen-bond donors (Lipinski definition) is 1. The molecular formula is C27H32FN3O5. The zero-order valence-electron chi connectivity index (χ0n) is 20.9. The van der Waals surface area contributed by atoms with E-state index < -0.39 is 5.41 Å². The number of nitrogens with one attached hydrogen (secondary N) is 1. The van der Waals surface area contributed by atoms with E-state index in [9.17, 15) is 14.0 Å². The van der Waals surface area contributed by atoms with E-state index in [0.717, 1.165) is 38.4 Å². The average molecular weight is 498 g/mol. The number of benzene rings is 2. The van der Waals surface area contributed by atoms with E-state index in [0.29, 0.717) is 29.4 Å². The van der Waals surface area contributed by atoms with Crippen molar-refractivity contribution in [2.24, 2.45) is 5.41 Å². The third-order valence-electron chi connectivity index (χ3n) is 6.00. The normalized spacial score (nSPS) is 15.8. The van der Waals surface area contributed by atoms with Crippen LogP contribution in [0.25, 0.3) is 0 Å². The third-order valence-corrected chi connectivity index (χ3v) is 6.00. The Labute approximate surface area is 210 Å². The Balaban J connectivity index is 1.25. The SMILES string of the molecule is CC(C)(C)C(=O)OCC1=COc2c(cccc2N2CCN(CCNC(=O)c3ccc(F)cc3)CC2)O1. The number of fused-ring (bicyclic) bond motifs is 1. The minimum Gasteiger partial charge on any atom is -0.457 e. The zero-order chi connectivity index (χ0) is 25.7. The smallest absolute Gasteiger partial charge is 0.311 e. The van der Waals surface area contributed by atoms with E-state index in [1.54, 1.807) is 20.8 Å². The maximum atomic E-state index is 13.0. The van der Waals surface area contributed by atoms with Gasteiger partial charge in [-0.05, 0) is 57.2 Å². The van der Waals surface area contributed by atoms with E-state index in [4.69, 9.17) is 14.2 Å². The standard InChI is InChI=1S/C27H32FN3O5/c1-27(2,3)26(33)35-18-21-17-34-24-22(5-4-6-23(24)36-21)31-15-13-30(14-16-31)12-11-29-25(32)19-7-9-20(28)10-8-19/h4-10,17H,11-16,18H2,1-3H3,(H,29,32). The molecule has 2 aliphatic rings. The van der Waals surface area contributed by atoms with Crippen LogP contribution in [0.4, 0.5) is 10.1 Å². The fourth-order valence-electron chi connectivity index (χ4n) is 3.90. The van der Waals surface area contributed by atoms with Gasteiger partial charge in [0.05, 0.1) is 11.1 Å². The first-order valence-electron chi connectivity index (χ1n) is 12.1. The van der Waals surface area contributed by atoms with Gasteiger partial charge in [-0.2, -0.15) is 0 Å². The molecule has 36 heavy (non-hydrogen) atoms. The molecule has 2 aliphatic heterocycles. The quantitative estimate of drug-likeness (QED) is 0.586. The number of ether oxygens (including phenoxy) is 3. The van der Waals surface area contributed by atoms with Crippen LogP contribution in [0.3, 0.4) is 0 Å². The molecule has 0 saturated carbocycles. The van der Waals surface area contributed by atoms with Gasteiger partial charge < -0.3 is 24.4 Å². The van der Waals surface area contributed by atoms with Gasteiger partial charge in [-0.1, -0.05) is 6.07 Å². The summed E-state index contributed by atoms with van der Waals surface area (Å²) in [4.78, 5) is 28.8. The first-order chi connectivity index (χ1) is 17.2. The molecule has 2 aromatic rings. The summed E-state index contributed by atoms with van der Waals surface area (Å²) in [5.74, 6) is 0.789.